The lowest BCUT2D eigenvalue weighted by atomic mass is 9.94. The SMILES string of the molecule is C=C[C@@H](O)[C@H](C)[C@@H](O)C=C[C@H](C)[C@@H](O)[C@@H](C)O. The summed E-state index contributed by atoms with van der Waals surface area (Å²) < 4.78 is 0. The molecule has 0 radical (unpaired) electrons. The molecule has 0 rings (SSSR count). The molecule has 0 fully saturated rings. The standard InChI is InChI=1S/C13H24O4/c1-5-11(15)9(3)12(16)7-6-8(2)13(17)10(4)14/h5-17H,1H2,2-4H3/t8-,9-,10+,11+,12-,13+/m0/s1. The molecule has 0 aromatic heterocycles. The van der Waals surface area contributed by atoms with Crippen molar-refractivity contribution < 1.29 is 20.4 Å². The lowest BCUT2D eigenvalue weighted by Gasteiger charge is -2.21. The summed E-state index contributed by atoms with van der Waals surface area (Å²) in [6.07, 6.45) is 1.26. The molecule has 0 heterocycles. The minimum Gasteiger partial charge on any atom is -0.391 e. The minimum absolute atomic E-state index is 0.266. The van der Waals surface area contributed by atoms with Crippen molar-refractivity contribution in [3.8, 4) is 0 Å². The number of aliphatic hydroxyl groups is 4. The summed E-state index contributed by atoms with van der Waals surface area (Å²) in [6, 6.07) is 0. The Hall–Kier alpha value is -0.680. The van der Waals surface area contributed by atoms with Crippen LogP contribution in [0.4, 0.5) is 0 Å². The van der Waals surface area contributed by atoms with Gasteiger partial charge in [-0.15, -0.1) is 6.58 Å². The summed E-state index contributed by atoms with van der Waals surface area (Å²) >= 11 is 0. The van der Waals surface area contributed by atoms with E-state index in [1.807, 2.05) is 0 Å². The maximum atomic E-state index is 9.75. The number of hydrogen-bond donors (Lipinski definition) is 4. The molecule has 4 heteroatoms. The van der Waals surface area contributed by atoms with Gasteiger partial charge in [-0.05, 0) is 6.92 Å². The van der Waals surface area contributed by atoms with E-state index in [9.17, 15) is 20.4 Å². The van der Waals surface area contributed by atoms with Crippen LogP contribution in [0.15, 0.2) is 24.8 Å². The van der Waals surface area contributed by atoms with Crippen LogP contribution in [-0.2, 0) is 0 Å². The van der Waals surface area contributed by atoms with Crippen molar-refractivity contribution >= 4 is 0 Å². The van der Waals surface area contributed by atoms with Crippen LogP contribution in [0.25, 0.3) is 0 Å². The first kappa shape index (κ1) is 16.3. The highest BCUT2D eigenvalue weighted by molar-refractivity contribution is 4.99. The van der Waals surface area contributed by atoms with Gasteiger partial charge in [0.1, 0.15) is 0 Å². The van der Waals surface area contributed by atoms with Crippen molar-refractivity contribution in [2.75, 3.05) is 0 Å². The molecule has 0 bridgehead atoms. The monoisotopic (exact) mass is 244 g/mol. The van der Waals surface area contributed by atoms with Gasteiger partial charge in [0.25, 0.3) is 0 Å². The van der Waals surface area contributed by atoms with Gasteiger partial charge < -0.3 is 20.4 Å². The van der Waals surface area contributed by atoms with E-state index in [4.69, 9.17) is 0 Å². The maximum Gasteiger partial charge on any atom is 0.0856 e. The second-order valence-corrected chi connectivity index (χ2v) is 4.55. The predicted molar refractivity (Wildman–Crippen MR) is 67.4 cm³/mol. The van der Waals surface area contributed by atoms with E-state index in [1.165, 1.54) is 19.1 Å². The molecule has 100 valence electrons. The molecule has 0 aromatic rings. The van der Waals surface area contributed by atoms with E-state index in [0.29, 0.717) is 0 Å². The van der Waals surface area contributed by atoms with Gasteiger partial charge in [0.15, 0.2) is 0 Å². The van der Waals surface area contributed by atoms with Crippen molar-refractivity contribution in [3.63, 3.8) is 0 Å². The Labute approximate surface area is 103 Å². The summed E-state index contributed by atoms with van der Waals surface area (Å²) in [5.41, 5.74) is 0. The zero-order valence-electron chi connectivity index (χ0n) is 10.7. The third-order valence-electron chi connectivity index (χ3n) is 2.96. The van der Waals surface area contributed by atoms with Crippen LogP contribution >= 0.6 is 0 Å². The highest BCUT2D eigenvalue weighted by Gasteiger charge is 2.20. The molecule has 0 spiro atoms. The summed E-state index contributed by atoms with van der Waals surface area (Å²) in [5.74, 6) is -0.627. The van der Waals surface area contributed by atoms with Gasteiger partial charge in [0, 0.05) is 11.8 Å². The van der Waals surface area contributed by atoms with E-state index in [-0.39, 0.29) is 11.8 Å². The number of rotatable bonds is 7. The van der Waals surface area contributed by atoms with Crippen molar-refractivity contribution in [1.29, 1.82) is 0 Å². The first-order valence-electron chi connectivity index (χ1n) is 5.84. The van der Waals surface area contributed by atoms with Gasteiger partial charge in [0.05, 0.1) is 24.4 Å². The first-order chi connectivity index (χ1) is 7.81. The third kappa shape index (κ3) is 5.46. The molecule has 6 atom stereocenters. The van der Waals surface area contributed by atoms with E-state index >= 15 is 0 Å². The quantitative estimate of drug-likeness (QED) is 0.491. The zero-order chi connectivity index (χ0) is 13.6. The molecular formula is C13H24O4. The Morgan fingerprint density at radius 2 is 1.41 bits per heavy atom. The first-order valence-corrected chi connectivity index (χ1v) is 5.84. The fourth-order valence-corrected chi connectivity index (χ4v) is 1.43. The number of hydrogen-bond acceptors (Lipinski definition) is 4. The van der Waals surface area contributed by atoms with E-state index in [2.05, 4.69) is 6.58 Å². The molecule has 0 saturated carbocycles. The molecule has 0 aromatic carbocycles. The molecule has 0 saturated heterocycles. The van der Waals surface area contributed by atoms with Crippen molar-refractivity contribution in [3.05, 3.63) is 24.8 Å². The van der Waals surface area contributed by atoms with Gasteiger partial charge in [-0.2, -0.15) is 0 Å². The van der Waals surface area contributed by atoms with Crippen molar-refractivity contribution in [2.24, 2.45) is 11.8 Å². The molecule has 0 aliphatic heterocycles. The van der Waals surface area contributed by atoms with Crippen molar-refractivity contribution in [1.82, 2.24) is 0 Å². The van der Waals surface area contributed by atoms with Gasteiger partial charge in [-0.25, -0.2) is 0 Å². The van der Waals surface area contributed by atoms with Crippen LogP contribution in [0.3, 0.4) is 0 Å². The Bertz CT molecular complexity index is 250. The average molecular weight is 244 g/mol. The fourth-order valence-electron chi connectivity index (χ4n) is 1.43. The molecule has 17 heavy (non-hydrogen) atoms. The van der Waals surface area contributed by atoms with E-state index < -0.39 is 24.4 Å². The Morgan fingerprint density at radius 3 is 1.82 bits per heavy atom. The largest absolute Gasteiger partial charge is 0.391 e. The molecule has 0 amide bonds. The lowest BCUT2D eigenvalue weighted by molar-refractivity contribution is 0.00919. The maximum absolute atomic E-state index is 9.75. The van der Waals surface area contributed by atoms with Crippen LogP contribution in [0, 0.1) is 11.8 Å². The molecule has 4 nitrogen and oxygen atoms in total. The predicted octanol–water partition coefficient (Wildman–Crippen LogP) is 0.464. The normalized spacial score (nSPS) is 22.8. The van der Waals surface area contributed by atoms with Crippen LogP contribution in [-0.4, -0.2) is 44.8 Å². The second-order valence-electron chi connectivity index (χ2n) is 4.55. The van der Waals surface area contributed by atoms with Crippen LogP contribution in [0.5, 0.6) is 0 Å². The topological polar surface area (TPSA) is 80.9 Å². The molecule has 0 unspecified atom stereocenters. The Kier molecular flexibility index (Phi) is 7.30. The highest BCUT2D eigenvalue weighted by Crippen LogP contribution is 2.14. The Morgan fingerprint density at radius 1 is 0.882 bits per heavy atom. The molecule has 0 aliphatic rings. The average Bonchev–Trinajstić information content (AvgIpc) is 2.32. The highest BCUT2D eigenvalue weighted by atomic mass is 16.3. The smallest absolute Gasteiger partial charge is 0.0856 e. The van der Waals surface area contributed by atoms with Gasteiger partial charge >= 0.3 is 0 Å². The van der Waals surface area contributed by atoms with Gasteiger partial charge in [0.2, 0.25) is 0 Å². The Balaban J connectivity index is 4.36. The molecule has 0 aliphatic carbocycles. The second kappa shape index (κ2) is 7.61. The van der Waals surface area contributed by atoms with Crippen molar-refractivity contribution in [2.45, 2.75) is 45.2 Å². The fraction of sp³-hybridized carbons (Fsp3) is 0.692. The summed E-state index contributed by atoms with van der Waals surface area (Å²) in [4.78, 5) is 0. The summed E-state index contributed by atoms with van der Waals surface area (Å²) in [6.45, 7) is 8.41. The van der Waals surface area contributed by atoms with Gasteiger partial charge in [-0.3, -0.25) is 0 Å². The van der Waals surface area contributed by atoms with Gasteiger partial charge in [-0.1, -0.05) is 32.1 Å². The summed E-state index contributed by atoms with van der Waals surface area (Å²) in [7, 11) is 0. The lowest BCUT2D eigenvalue weighted by Crippen LogP contribution is -2.29. The minimum atomic E-state index is -0.863. The zero-order valence-corrected chi connectivity index (χ0v) is 10.7. The molecular weight excluding hydrogens is 220 g/mol. The number of aliphatic hydroxyl groups excluding tert-OH is 4. The van der Waals surface area contributed by atoms with Crippen LogP contribution in [0.2, 0.25) is 0 Å². The van der Waals surface area contributed by atoms with Crippen LogP contribution < -0.4 is 0 Å². The molecule has 4 N–H and O–H groups in total. The van der Waals surface area contributed by atoms with Crippen LogP contribution in [0.1, 0.15) is 20.8 Å². The summed E-state index contributed by atoms with van der Waals surface area (Å²) in [5, 5.41) is 38.0. The third-order valence-corrected chi connectivity index (χ3v) is 2.96. The van der Waals surface area contributed by atoms with E-state index in [0.717, 1.165) is 0 Å². The van der Waals surface area contributed by atoms with E-state index in [1.54, 1.807) is 19.9 Å².